The zero-order valence-electron chi connectivity index (χ0n) is 17.6. The quantitative estimate of drug-likeness (QED) is 0.280. The van der Waals surface area contributed by atoms with E-state index in [0.29, 0.717) is 12.3 Å². The van der Waals surface area contributed by atoms with Crippen molar-refractivity contribution in [1.82, 2.24) is 15.2 Å². The van der Waals surface area contributed by atoms with E-state index >= 15 is 0 Å². The van der Waals surface area contributed by atoms with Gasteiger partial charge in [0.1, 0.15) is 10.8 Å². The molecule has 8 heteroatoms. The van der Waals surface area contributed by atoms with Crippen molar-refractivity contribution in [3.63, 3.8) is 0 Å². The summed E-state index contributed by atoms with van der Waals surface area (Å²) in [5, 5.41) is 16.6. The van der Waals surface area contributed by atoms with E-state index in [4.69, 9.17) is 9.98 Å². The number of aromatic hydroxyl groups is 1. The van der Waals surface area contributed by atoms with Gasteiger partial charge in [0.25, 0.3) is 0 Å². The number of phenols is 1. The monoisotopic (exact) mass is 549 g/mol. The summed E-state index contributed by atoms with van der Waals surface area (Å²) in [5.74, 6) is 1.26. The van der Waals surface area contributed by atoms with Crippen molar-refractivity contribution in [3.8, 4) is 17.0 Å². The van der Waals surface area contributed by atoms with Gasteiger partial charge in [-0.25, -0.2) is 9.98 Å². The van der Waals surface area contributed by atoms with E-state index in [9.17, 15) is 5.11 Å². The van der Waals surface area contributed by atoms with Crippen molar-refractivity contribution in [1.29, 1.82) is 0 Å². The number of nitrogens with zero attached hydrogens (tertiary/aromatic N) is 4. The van der Waals surface area contributed by atoms with Crippen molar-refractivity contribution in [3.05, 3.63) is 65.0 Å². The van der Waals surface area contributed by atoms with E-state index in [1.165, 1.54) is 0 Å². The molecule has 1 fully saturated rings. The van der Waals surface area contributed by atoms with Gasteiger partial charge in [0.15, 0.2) is 5.96 Å². The number of hydrogen-bond acceptors (Lipinski definition) is 5. The minimum Gasteiger partial charge on any atom is -0.506 e. The van der Waals surface area contributed by atoms with Gasteiger partial charge in [-0.05, 0) is 19.1 Å². The largest absolute Gasteiger partial charge is 0.506 e. The van der Waals surface area contributed by atoms with Crippen LogP contribution in [0.5, 0.6) is 5.75 Å². The maximum atomic E-state index is 10.1. The molecule has 1 aromatic heterocycles. The number of halogens is 1. The maximum absolute atomic E-state index is 10.1. The molecule has 4 rings (SSSR count). The molecule has 0 bridgehead atoms. The van der Waals surface area contributed by atoms with Crippen LogP contribution in [0, 0.1) is 0 Å². The number of hydrogen-bond donors (Lipinski definition) is 2. The van der Waals surface area contributed by atoms with Crippen LogP contribution in [0.2, 0.25) is 0 Å². The van der Waals surface area contributed by atoms with Gasteiger partial charge in [-0.3, -0.25) is 0 Å². The molecule has 3 aromatic rings. The van der Waals surface area contributed by atoms with Crippen molar-refractivity contribution < 1.29 is 5.11 Å². The third-order valence-corrected chi connectivity index (χ3v) is 5.96. The Labute approximate surface area is 204 Å². The summed E-state index contributed by atoms with van der Waals surface area (Å²) < 4.78 is 0. The van der Waals surface area contributed by atoms with E-state index < -0.39 is 0 Å². The highest BCUT2D eigenvalue weighted by Crippen LogP contribution is 2.27. The van der Waals surface area contributed by atoms with Crippen LogP contribution in [-0.4, -0.2) is 53.7 Å². The first-order valence-corrected chi connectivity index (χ1v) is 11.2. The third-order valence-electron chi connectivity index (χ3n) is 5.12. The predicted octanol–water partition coefficient (Wildman–Crippen LogP) is 4.42. The molecule has 1 aliphatic heterocycles. The molecule has 6 nitrogen and oxygen atoms in total. The van der Waals surface area contributed by atoms with Gasteiger partial charge in [-0.15, -0.1) is 35.3 Å². The smallest absolute Gasteiger partial charge is 0.194 e. The maximum Gasteiger partial charge on any atom is 0.194 e. The molecule has 2 N–H and O–H groups in total. The van der Waals surface area contributed by atoms with Gasteiger partial charge in [-0.2, -0.15) is 0 Å². The number of para-hydroxylation sites is 2. The lowest BCUT2D eigenvalue weighted by Gasteiger charge is -2.37. The lowest BCUT2D eigenvalue weighted by Crippen LogP contribution is -2.52. The SMILES string of the molecule is CCNC(=NCc1nc(-c2ccccc2)cs1)N1CCN(c2ccccc2O)CC1.I. The van der Waals surface area contributed by atoms with Crippen LogP contribution in [0.4, 0.5) is 5.69 Å². The molecule has 2 aromatic carbocycles. The number of thiazole rings is 1. The van der Waals surface area contributed by atoms with Crippen LogP contribution in [0.25, 0.3) is 11.3 Å². The van der Waals surface area contributed by atoms with E-state index in [1.54, 1.807) is 17.4 Å². The first-order valence-electron chi connectivity index (χ1n) is 10.3. The fourth-order valence-electron chi connectivity index (χ4n) is 3.58. The molecule has 1 saturated heterocycles. The average Bonchev–Trinajstić information content (AvgIpc) is 3.27. The van der Waals surface area contributed by atoms with Crippen LogP contribution in [0.1, 0.15) is 11.9 Å². The Hall–Kier alpha value is -2.33. The van der Waals surface area contributed by atoms with Gasteiger partial charge in [-0.1, -0.05) is 42.5 Å². The van der Waals surface area contributed by atoms with Crippen molar-refractivity contribution in [2.24, 2.45) is 4.99 Å². The minimum absolute atomic E-state index is 0. The molecule has 0 aliphatic carbocycles. The van der Waals surface area contributed by atoms with Crippen LogP contribution in [0.3, 0.4) is 0 Å². The molecule has 1 aliphatic rings. The lowest BCUT2D eigenvalue weighted by atomic mass is 10.2. The average molecular weight is 549 g/mol. The molecule has 0 saturated carbocycles. The highest BCUT2D eigenvalue weighted by molar-refractivity contribution is 14.0. The number of aromatic nitrogens is 1. The molecule has 0 atom stereocenters. The highest BCUT2D eigenvalue weighted by atomic mass is 127. The normalized spacial score (nSPS) is 14.3. The Balaban J connectivity index is 0.00000272. The zero-order valence-corrected chi connectivity index (χ0v) is 20.7. The molecule has 0 spiro atoms. The van der Waals surface area contributed by atoms with Crippen LogP contribution in [0.15, 0.2) is 65.0 Å². The molecule has 164 valence electrons. The fourth-order valence-corrected chi connectivity index (χ4v) is 4.31. The molecule has 0 radical (unpaired) electrons. The summed E-state index contributed by atoms with van der Waals surface area (Å²) in [6.45, 7) is 6.88. The molecule has 0 amide bonds. The highest BCUT2D eigenvalue weighted by Gasteiger charge is 2.21. The Morgan fingerprint density at radius 2 is 1.77 bits per heavy atom. The molecular weight excluding hydrogens is 521 g/mol. The van der Waals surface area contributed by atoms with Gasteiger partial charge >= 0.3 is 0 Å². The Kier molecular flexibility index (Phi) is 8.53. The van der Waals surface area contributed by atoms with Crippen LogP contribution >= 0.6 is 35.3 Å². The first-order chi connectivity index (χ1) is 14.7. The molecular formula is C23H28IN5OS. The van der Waals surface area contributed by atoms with Gasteiger partial charge in [0.05, 0.1) is 17.9 Å². The summed E-state index contributed by atoms with van der Waals surface area (Å²) in [4.78, 5) is 14.1. The van der Waals surface area contributed by atoms with Crippen molar-refractivity contribution in [2.75, 3.05) is 37.6 Å². The standard InChI is InChI=1S/C23H27N5OS.HI/c1-2-24-23(25-16-22-26-19(17-30-22)18-8-4-3-5-9-18)28-14-12-27(13-15-28)20-10-6-7-11-21(20)29;/h3-11,17,29H,2,12-16H2,1H3,(H,24,25);1H. The van der Waals surface area contributed by atoms with Gasteiger partial charge < -0.3 is 20.2 Å². The van der Waals surface area contributed by atoms with E-state index in [2.05, 4.69) is 39.6 Å². The third kappa shape index (κ3) is 5.88. The second-order valence-corrected chi connectivity index (χ2v) is 8.07. The summed E-state index contributed by atoms with van der Waals surface area (Å²) >= 11 is 1.65. The number of piperazine rings is 1. The summed E-state index contributed by atoms with van der Waals surface area (Å²) in [6.07, 6.45) is 0. The van der Waals surface area contributed by atoms with Gasteiger partial charge in [0, 0.05) is 43.7 Å². The van der Waals surface area contributed by atoms with E-state index in [0.717, 1.165) is 60.6 Å². The topological polar surface area (TPSA) is 64.0 Å². The van der Waals surface area contributed by atoms with Gasteiger partial charge in [0.2, 0.25) is 0 Å². The number of benzene rings is 2. The number of nitrogens with one attached hydrogen (secondary N) is 1. The second-order valence-electron chi connectivity index (χ2n) is 7.13. The van der Waals surface area contributed by atoms with Crippen molar-refractivity contribution in [2.45, 2.75) is 13.5 Å². The van der Waals surface area contributed by atoms with E-state index in [1.807, 2.05) is 36.4 Å². The molecule has 0 unspecified atom stereocenters. The summed E-state index contributed by atoms with van der Waals surface area (Å²) in [5.41, 5.74) is 3.04. The number of aliphatic imine (C=N–C) groups is 1. The van der Waals surface area contributed by atoms with Crippen molar-refractivity contribution >= 4 is 47.0 Å². The number of guanidine groups is 1. The Morgan fingerprint density at radius 1 is 1.06 bits per heavy atom. The predicted molar refractivity (Wildman–Crippen MR) is 140 cm³/mol. The lowest BCUT2D eigenvalue weighted by molar-refractivity contribution is 0.369. The molecule has 31 heavy (non-hydrogen) atoms. The Morgan fingerprint density at radius 3 is 2.48 bits per heavy atom. The second kappa shape index (κ2) is 11.3. The fraction of sp³-hybridized carbons (Fsp3) is 0.304. The van der Waals surface area contributed by atoms with Crippen LogP contribution in [-0.2, 0) is 6.54 Å². The molecule has 2 heterocycles. The summed E-state index contributed by atoms with van der Waals surface area (Å²) in [6, 6.07) is 17.8. The van der Waals surface area contributed by atoms with Crippen LogP contribution < -0.4 is 10.2 Å². The summed E-state index contributed by atoms with van der Waals surface area (Å²) in [7, 11) is 0. The number of phenolic OH excluding ortho intramolecular Hbond substituents is 1. The zero-order chi connectivity index (χ0) is 20.8. The first kappa shape index (κ1) is 23.3. The number of anilines is 1. The Bertz CT molecular complexity index is 986. The minimum atomic E-state index is 0. The number of rotatable bonds is 5. The van der Waals surface area contributed by atoms with E-state index in [-0.39, 0.29) is 24.0 Å².